The maximum absolute atomic E-state index is 11.9. The molecule has 20 heavy (non-hydrogen) atoms. The van der Waals surface area contributed by atoms with Gasteiger partial charge in [0.1, 0.15) is 5.52 Å². The molecule has 0 saturated heterocycles. The van der Waals surface area contributed by atoms with E-state index in [0.29, 0.717) is 17.6 Å². The molecule has 0 spiro atoms. The first-order chi connectivity index (χ1) is 9.84. The molecule has 1 amide bonds. The topological polar surface area (TPSA) is 69.0 Å². The number of hydroxylamine groups is 1. The number of hydrogen-bond acceptors (Lipinski definition) is 4. The maximum atomic E-state index is 11.9. The van der Waals surface area contributed by atoms with Gasteiger partial charge in [-0.1, -0.05) is 47.7 Å². The van der Waals surface area contributed by atoms with E-state index in [1.807, 2.05) is 42.5 Å². The summed E-state index contributed by atoms with van der Waals surface area (Å²) < 4.78 is 1.17. The molecule has 6 nitrogen and oxygen atoms in total. The largest absolute Gasteiger partial charge is 0.367 e. The molecule has 0 atom stereocenters. The van der Waals surface area contributed by atoms with Crippen molar-refractivity contribution >= 4 is 17.1 Å². The number of hydrogen-bond donors (Lipinski definition) is 1. The van der Waals surface area contributed by atoms with Crippen LogP contribution in [-0.2, 0) is 11.4 Å². The fourth-order valence-corrected chi connectivity index (χ4v) is 1.82. The molecule has 1 aromatic heterocycles. The predicted octanol–water partition coefficient (Wildman–Crippen LogP) is 2.12. The molecule has 2 aromatic carbocycles. The highest BCUT2D eigenvalue weighted by atomic mass is 16.7. The third-order valence-corrected chi connectivity index (χ3v) is 2.79. The van der Waals surface area contributed by atoms with Gasteiger partial charge in [-0.15, -0.1) is 5.10 Å². The smallest absolute Gasteiger partial charge is 0.267 e. The Balaban J connectivity index is 1.65. The summed E-state index contributed by atoms with van der Waals surface area (Å²) in [7, 11) is 0. The monoisotopic (exact) mass is 268 g/mol. The van der Waals surface area contributed by atoms with Gasteiger partial charge in [0, 0.05) is 0 Å². The van der Waals surface area contributed by atoms with E-state index in [9.17, 15) is 4.79 Å². The molecule has 0 radical (unpaired) electrons. The Morgan fingerprint density at radius 1 is 1.10 bits per heavy atom. The van der Waals surface area contributed by atoms with Gasteiger partial charge in [-0.25, -0.2) is 10.3 Å². The zero-order valence-corrected chi connectivity index (χ0v) is 10.6. The average Bonchev–Trinajstić information content (AvgIpc) is 2.92. The van der Waals surface area contributed by atoms with E-state index in [-0.39, 0.29) is 0 Å². The lowest BCUT2D eigenvalue weighted by atomic mass is 10.2. The van der Waals surface area contributed by atoms with Gasteiger partial charge >= 0.3 is 6.03 Å². The Kier molecular flexibility index (Phi) is 3.38. The van der Waals surface area contributed by atoms with Crippen LogP contribution >= 0.6 is 0 Å². The van der Waals surface area contributed by atoms with E-state index in [0.717, 1.165) is 5.56 Å². The molecule has 1 heterocycles. The van der Waals surface area contributed by atoms with Gasteiger partial charge in [0.05, 0.1) is 12.1 Å². The molecular weight excluding hydrogens is 256 g/mol. The molecule has 3 aromatic rings. The molecule has 0 saturated carbocycles. The average molecular weight is 268 g/mol. The first kappa shape index (κ1) is 12.3. The fraction of sp³-hybridized carbons (Fsp3) is 0.0714. The highest BCUT2D eigenvalue weighted by molar-refractivity contribution is 5.87. The highest BCUT2D eigenvalue weighted by Crippen LogP contribution is 2.09. The Bertz CT molecular complexity index is 724. The van der Waals surface area contributed by atoms with Gasteiger partial charge in [0.25, 0.3) is 0 Å². The molecule has 6 heteroatoms. The van der Waals surface area contributed by atoms with E-state index < -0.39 is 6.03 Å². The predicted molar refractivity (Wildman–Crippen MR) is 72.7 cm³/mol. The maximum Gasteiger partial charge on any atom is 0.367 e. The van der Waals surface area contributed by atoms with Crippen molar-refractivity contribution in [3.8, 4) is 0 Å². The summed E-state index contributed by atoms with van der Waals surface area (Å²) in [5.74, 6) is 0. The van der Waals surface area contributed by atoms with Gasteiger partial charge in [0.15, 0.2) is 0 Å². The van der Waals surface area contributed by atoms with Crippen LogP contribution in [0.5, 0.6) is 0 Å². The van der Waals surface area contributed by atoms with Crippen LogP contribution in [0.1, 0.15) is 5.56 Å². The van der Waals surface area contributed by atoms with Crippen molar-refractivity contribution in [1.29, 1.82) is 0 Å². The first-order valence-electron chi connectivity index (χ1n) is 6.11. The number of carbonyl (C=O) groups is 1. The van der Waals surface area contributed by atoms with Crippen LogP contribution in [0.2, 0.25) is 0 Å². The van der Waals surface area contributed by atoms with Crippen molar-refractivity contribution in [2.24, 2.45) is 0 Å². The van der Waals surface area contributed by atoms with Crippen LogP contribution in [0, 0.1) is 0 Å². The number of benzene rings is 2. The Morgan fingerprint density at radius 3 is 2.70 bits per heavy atom. The number of nitrogens with zero attached hydrogens (tertiary/aromatic N) is 3. The summed E-state index contributed by atoms with van der Waals surface area (Å²) in [5, 5.41) is 7.70. The zero-order valence-electron chi connectivity index (χ0n) is 10.6. The van der Waals surface area contributed by atoms with Crippen molar-refractivity contribution in [3.05, 3.63) is 60.2 Å². The van der Waals surface area contributed by atoms with Gasteiger partial charge in [0.2, 0.25) is 0 Å². The summed E-state index contributed by atoms with van der Waals surface area (Å²) in [6.07, 6.45) is 0. The second-order valence-corrected chi connectivity index (χ2v) is 4.17. The molecule has 0 bridgehead atoms. The number of nitrogens with one attached hydrogen (secondary N) is 1. The molecule has 0 unspecified atom stereocenters. The zero-order chi connectivity index (χ0) is 13.8. The molecule has 0 aliphatic heterocycles. The lowest BCUT2D eigenvalue weighted by molar-refractivity contribution is 0.0488. The van der Waals surface area contributed by atoms with E-state index >= 15 is 0 Å². The normalized spacial score (nSPS) is 10.6. The highest BCUT2D eigenvalue weighted by Gasteiger charge is 2.10. The number of para-hydroxylation sites is 1. The van der Waals surface area contributed by atoms with Crippen LogP contribution in [0.4, 0.5) is 4.79 Å². The van der Waals surface area contributed by atoms with E-state index in [1.165, 1.54) is 4.68 Å². The number of fused-ring (bicyclic) bond motifs is 1. The number of amides is 1. The Morgan fingerprint density at radius 2 is 1.85 bits per heavy atom. The lowest BCUT2D eigenvalue weighted by Gasteiger charge is -2.05. The molecule has 0 fully saturated rings. The van der Waals surface area contributed by atoms with Crippen LogP contribution in [0.25, 0.3) is 11.0 Å². The van der Waals surface area contributed by atoms with Crippen LogP contribution in [0.3, 0.4) is 0 Å². The molecule has 0 aliphatic carbocycles. The van der Waals surface area contributed by atoms with Crippen LogP contribution < -0.4 is 5.48 Å². The minimum Gasteiger partial charge on any atom is -0.267 e. The van der Waals surface area contributed by atoms with Crippen molar-refractivity contribution in [1.82, 2.24) is 20.5 Å². The van der Waals surface area contributed by atoms with E-state index in [4.69, 9.17) is 4.84 Å². The van der Waals surface area contributed by atoms with Crippen molar-refractivity contribution in [3.63, 3.8) is 0 Å². The van der Waals surface area contributed by atoms with Crippen molar-refractivity contribution in [2.75, 3.05) is 0 Å². The van der Waals surface area contributed by atoms with Crippen molar-refractivity contribution < 1.29 is 9.63 Å². The number of aromatic nitrogens is 3. The summed E-state index contributed by atoms with van der Waals surface area (Å²) in [4.78, 5) is 17.1. The minimum absolute atomic E-state index is 0.291. The quantitative estimate of drug-likeness (QED) is 0.739. The van der Waals surface area contributed by atoms with E-state index in [1.54, 1.807) is 12.1 Å². The molecule has 100 valence electrons. The van der Waals surface area contributed by atoms with Crippen molar-refractivity contribution in [2.45, 2.75) is 6.61 Å². The number of rotatable bonds is 3. The molecule has 0 aliphatic rings. The Labute approximate surface area is 114 Å². The molecule has 1 N–H and O–H groups in total. The molecular formula is C14H12N4O2. The van der Waals surface area contributed by atoms with Crippen LogP contribution in [-0.4, -0.2) is 21.0 Å². The lowest BCUT2D eigenvalue weighted by Crippen LogP contribution is -2.29. The van der Waals surface area contributed by atoms with Gasteiger partial charge < -0.3 is 0 Å². The van der Waals surface area contributed by atoms with Gasteiger partial charge in [-0.2, -0.15) is 4.68 Å². The number of carbonyl (C=O) groups excluding carboxylic acids is 1. The Hall–Kier alpha value is -2.73. The first-order valence-corrected chi connectivity index (χ1v) is 6.11. The van der Waals surface area contributed by atoms with Gasteiger partial charge in [-0.05, 0) is 17.7 Å². The summed E-state index contributed by atoms with van der Waals surface area (Å²) in [6.45, 7) is 0.291. The third-order valence-electron chi connectivity index (χ3n) is 2.79. The summed E-state index contributed by atoms with van der Waals surface area (Å²) in [6, 6.07) is 16.3. The van der Waals surface area contributed by atoms with Crippen LogP contribution in [0.15, 0.2) is 54.6 Å². The molecule has 3 rings (SSSR count). The SMILES string of the molecule is O=C(NOCc1ccccc1)n1nnc2ccccc21. The minimum atomic E-state index is -0.477. The second-order valence-electron chi connectivity index (χ2n) is 4.17. The van der Waals surface area contributed by atoms with E-state index in [2.05, 4.69) is 15.8 Å². The summed E-state index contributed by atoms with van der Waals surface area (Å²) in [5.41, 5.74) is 4.61. The third kappa shape index (κ3) is 2.50. The second kappa shape index (κ2) is 5.50. The van der Waals surface area contributed by atoms with Gasteiger partial charge in [-0.3, -0.25) is 4.84 Å². The fourth-order valence-electron chi connectivity index (χ4n) is 1.82. The standard InChI is InChI=1S/C14H12N4O2/c19-14(16-20-10-11-6-2-1-3-7-11)18-13-9-5-4-8-12(13)15-17-18/h1-9H,10H2,(H,16,19). The summed E-state index contributed by atoms with van der Waals surface area (Å²) >= 11 is 0.